The number of thiazole rings is 1. The number of likely N-dealkylation sites (N-methyl/N-ethyl adjacent to an activating group) is 1. The van der Waals surface area contributed by atoms with Crippen LogP contribution in [0.3, 0.4) is 0 Å². The number of nitrogens with one attached hydrogen (secondary N) is 2. The second-order valence-electron chi connectivity index (χ2n) is 6.39. The average molecular weight is 458 g/mol. The maximum Gasteiger partial charge on any atom is 0.373 e. The van der Waals surface area contributed by atoms with Gasteiger partial charge in [0.15, 0.2) is 5.13 Å². The Kier molecular flexibility index (Phi) is 8.31. The average Bonchev–Trinajstić information content (AvgIpc) is 3.21. The van der Waals surface area contributed by atoms with Gasteiger partial charge in [0.25, 0.3) is 0 Å². The number of halogens is 1. The number of nitriles is 1. The molecule has 2 aromatic rings. The molecule has 0 bridgehead atoms. The number of amidine groups is 1. The molecule has 0 saturated heterocycles. The summed E-state index contributed by atoms with van der Waals surface area (Å²) < 4.78 is 13.3. The molecule has 0 aliphatic carbocycles. The maximum atomic E-state index is 13.3. The molecule has 3 N–H and O–H groups in total. The van der Waals surface area contributed by atoms with Crippen molar-refractivity contribution in [2.45, 2.75) is 13.3 Å². The smallest absolute Gasteiger partial charge is 0.373 e. The molecule has 1 heterocycles. The Hall–Kier alpha value is -3.91. The number of aliphatic imine (C=N–C) groups is 1. The minimum atomic E-state index is -1.21. The molecule has 0 radical (unpaired) electrons. The highest BCUT2D eigenvalue weighted by Crippen LogP contribution is 2.33. The minimum absolute atomic E-state index is 0.233. The minimum Gasteiger partial charge on any atom is -0.475 e. The molecule has 168 valence electrons. The molecule has 1 aromatic heterocycles. The molecule has 0 aliphatic heterocycles. The predicted octanol–water partition coefficient (Wildman–Crippen LogP) is 3.12. The van der Waals surface area contributed by atoms with Gasteiger partial charge in [0.2, 0.25) is 5.84 Å². The first-order chi connectivity index (χ1) is 15.3. The van der Waals surface area contributed by atoms with E-state index in [1.165, 1.54) is 35.5 Å². The largest absolute Gasteiger partial charge is 0.475 e. The van der Waals surface area contributed by atoms with Crippen molar-refractivity contribution in [1.82, 2.24) is 20.7 Å². The van der Waals surface area contributed by atoms with Crippen LogP contribution in [0.25, 0.3) is 11.3 Å². The van der Waals surface area contributed by atoms with Crippen molar-refractivity contribution in [3.8, 4) is 17.3 Å². The number of anilines is 1. The molecule has 0 saturated carbocycles. The van der Waals surface area contributed by atoms with E-state index in [4.69, 9.17) is 0 Å². The second-order valence-corrected chi connectivity index (χ2v) is 7.37. The number of nitrogens with zero attached hydrogens (tertiary/aromatic N) is 5. The molecule has 0 unspecified atom stereocenters. The van der Waals surface area contributed by atoms with Crippen molar-refractivity contribution in [1.29, 1.82) is 5.26 Å². The number of hydrazine groups is 1. The number of aliphatic carboxylic acids is 1. The van der Waals surface area contributed by atoms with Crippen LogP contribution in [0, 0.1) is 17.1 Å². The van der Waals surface area contributed by atoms with Gasteiger partial charge in [-0.2, -0.15) is 5.26 Å². The number of rotatable bonds is 8. The highest BCUT2D eigenvalue weighted by Gasteiger charge is 2.21. The van der Waals surface area contributed by atoms with Crippen molar-refractivity contribution in [3.63, 3.8) is 0 Å². The standard InChI is InChI=1S/C21H24FN7O2S/c1-6-15(27-29(5)19(20(30)31)25-7-2)18(24-3)28(4)21-26-17(16(12-23)32-21)13-8-10-14(22)11-9-13/h7-11,24,27H,2,6H2,1,3-5H3,(H,30,31)/b18-15+,25-19?. The number of benzene rings is 1. The van der Waals surface area contributed by atoms with Gasteiger partial charge in [-0.15, -0.1) is 0 Å². The summed E-state index contributed by atoms with van der Waals surface area (Å²) in [6.07, 6.45) is 1.67. The highest BCUT2D eigenvalue weighted by atomic mass is 32.1. The van der Waals surface area contributed by atoms with Gasteiger partial charge in [-0.3, -0.25) is 10.4 Å². The van der Waals surface area contributed by atoms with Crippen LogP contribution in [-0.2, 0) is 4.79 Å². The lowest BCUT2D eigenvalue weighted by molar-refractivity contribution is -0.130. The van der Waals surface area contributed by atoms with E-state index in [1.807, 2.05) is 6.92 Å². The van der Waals surface area contributed by atoms with E-state index < -0.39 is 5.97 Å². The topological polar surface area (TPSA) is 117 Å². The zero-order valence-corrected chi connectivity index (χ0v) is 19.0. The Labute approximate surface area is 189 Å². The van der Waals surface area contributed by atoms with Crippen LogP contribution in [0.15, 0.2) is 53.6 Å². The molecule has 0 atom stereocenters. The Morgan fingerprint density at radius 2 is 2.06 bits per heavy atom. The van der Waals surface area contributed by atoms with Crippen molar-refractivity contribution in [2.24, 2.45) is 4.99 Å². The Morgan fingerprint density at radius 3 is 2.56 bits per heavy atom. The van der Waals surface area contributed by atoms with Gasteiger partial charge >= 0.3 is 5.97 Å². The van der Waals surface area contributed by atoms with Crippen molar-refractivity contribution >= 4 is 28.3 Å². The molecule has 1 aromatic carbocycles. The third-order valence-corrected chi connectivity index (χ3v) is 5.40. The molecule has 2 rings (SSSR count). The normalized spacial score (nSPS) is 11.8. The number of allylic oxidation sites excluding steroid dienone is 1. The predicted molar refractivity (Wildman–Crippen MR) is 123 cm³/mol. The van der Waals surface area contributed by atoms with Crippen LogP contribution < -0.4 is 15.6 Å². The van der Waals surface area contributed by atoms with Gasteiger partial charge < -0.3 is 15.3 Å². The van der Waals surface area contributed by atoms with Crippen molar-refractivity contribution < 1.29 is 14.3 Å². The quantitative estimate of drug-likeness (QED) is 0.315. The number of carboxylic acids is 1. The molecule has 0 amide bonds. The number of aromatic nitrogens is 1. The van der Waals surface area contributed by atoms with E-state index in [0.29, 0.717) is 39.2 Å². The highest BCUT2D eigenvalue weighted by molar-refractivity contribution is 7.16. The van der Waals surface area contributed by atoms with E-state index in [9.17, 15) is 19.6 Å². The van der Waals surface area contributed by atoms with Crippen LogP contribution in [0.5, 0.6) is 0 Å². The summed E-state index contributed by atoms with van der Waals surface area (Å²) in [6.45, 7) is 5.34. The molecule has 11 heteroatoms. The van der Waals surface area contributed by atoms with E-state index >= 15 is 0 Å². The molecule has 0 spiro atoms. The molecule has 9 nitrogen and oxygen atoms in total. The molecule has 0 aliphatic rings. The molecule has 0 fully saturated rings. The van der Waals surface area contributed by atoms with Gasteiger partial charge in [0.05, 0.1) is 5.70 Å². The van der Waals surface area contributed by atoms with Crippen molar-refractivity contribution in [2.75, 3.05) is 26.0 Å². The Balaban J connectivity index is 2.44. The first-order valence-electron chi connectivity index (χ1n) is 9.51. The first-order valence-corrected chi connectivity index (χ1v) is 10.3. The lowest BCUT2D eigenvalue weighted by Crippen LogP contribution is -2.45. The molecular formula is C21H24FN7O2S. The van der Waals surface area contributed by atoms with Gasteiger partial charge in [-0.1, -0.05) is 24.8 Å². The lowest BCUT2D eigenvalue weighted by Gasteiger charge is -2.27. The number of hydrogen-bond donors (Lipinski definition) is 3. The van der Waals surface area contributed by atoms with Gasteiger partial charge in [0.1, 0.15) is 28.3 Å². The Bertz CT molecular complexity index is 1090. The zero-order valence-electron chi connectivity index (χ0n) is 18.2. The van der Waals surface area contributed by atoms with Crippen molar-refractivity contribution in [3.05, 3.63) is 59.3 Å². The lowest BCUT2D eigenvalue weighted by atomic mass is 10.1. The summed E-state index contributed by atoms with van der Waals surface area (Å²) in [7, 11) is 5.02. The monoisotopic (exact) mass is 457 g/mol. The summed E-state index contributed by atoms with van der Waals surface area (Å²) in [5, 5.41) is 23.8. The summed E-state index contributed by atoms with van der Waals surface area (Å²) >= 11 is 1.19. The van der Waals surface area contributed by atoms with E-state index in [2.05, 4.69) is 33.4 Å². The fourth-order valence-corrected chi connectivity index (χ4v) is 3.73. The van der Waals surface area contributed by atoms with E-state index in [-0.39, 0.29) is 11.7 Å². The number of carboxylic acid groups (broad SMARTS) is 1. The number of carbonyl (C=O) groups is 1. The van der Waals surface area contributed by atoms with Crippen LogP contribution in [-0.4, -0.2) is 48.0 Å². The maximum absolute atomic E-state index is 13.3. The molecular weight excluding hydrogens is 433 g/mol. The van der Waals surface area contributed by atoms with E-state index in [0.717, 1.165) is 6.20 Å². The fraction of sp³-hybridized carbons (Fsp3) is 0.238. The van der Waals surface area contributed by atoms with Crippen LogP contribution in [0.1, 0.15) is 18.2 Å². The summed E-state index contributed by atoms with van der Waals surface area (Å²) in [5.41, 5.74) is 4.78. The fourth-order valence-electron chi connectivity index (χ4n) is 2.87. The summed E-state index contributed by atoms with van der Waals surface area (Å²) in [5.74, 6) is -1.20. The SMILES string of the molecule is C=CN=C(C(=O)O)N(C)N/C(CC)=C(\NC)N(C)c1nc(-c2ccc(F)cc2)c(C#N)s1. The van der Waals surface area contributed by atoms with Crippen LogP contribution >= 0.6 is 11.3 Å². The van der Waals surface area contributed by atoms with Crippen LogP contribution in [0.2, 0.25) is 0 Å². The van der Waals surface area contributed by atoms with Gasteiger partial charge in [-0.05, 0) is 30.7 Å². The zero-order chi connectivity index (χ0) is 23.8. The van der Waals surface area contributed by atoms with Crippen LogP contribution in [0.4, 0.5) is 9.52 Å². The third kappa shape index (κ3) is 5.41. The van der Waals surface area contributed by atoms with Gasteiger partial charge in [-0.25, -0.2) is 19.2 Å². The first kappa shape index (κ1) is 24.4. The summed E-state index contributed by atoms with van der Waals surface area (Å²) in [4.78, 5) is 22.0. The third-order valence-electron chi connectivity index (χ3n) is 4.36. The number of hydrogen-bond acceptors (Lipinski definition) is 8. The summed E-state index contributed by atoms with van der Waals surface area (Å²) in [6, 6.07) is 7.92. The second kappa shape index (κ2) is 10.9. The molecule has 32 heavy (non-hydrogen) atoms. The van der Waals surface area contributed by atoms with E-state index in [1.54, 1.807) is 31.1 Å². The van der Waals surface area contributed by atoms with Gasteiger partial charge in [0, 0.05) is 32.9 Å². The Morgan fingerprint density at radius 1 is 1.41 bits per heavy atom.